The molecule has 5 nitrogen and oxygen atoms in total. The summed E-state index contributed by atoms with van der Waals surface area (Å²) in [6.45, 7) is 0.635. The minimum absolute atomic E-state index is 0.0455. The third-order valence-corrected chi connectivity index (χ3v) is 4.32. The summed E-state index contributed by atoms with van der Waals surface area (Å²) in [5.74, 6) is 0.0786. The van der Waals surface area contributed by atoms with Crippen LogP contribution in [0.4, 0.5) is 4.39 Å². The van der Waals surface area contributed by atoms with Crippen LogP contribution < -0.4 is 0 Å². The molecule has 7 heteroatoms. The lowest BCUT2D eigenvalue weighted by Gasteiger charge is -2.34. The van der Waals surface area contributed by atoms with Crippen molar-refractivity contribution in [3.63, 3.8) is 0 Å². The van der Waals surface area contributed by atoms with Crippen molar-refractivity contribution in [2.45, 2.75) is 31.7 Å². The van der Waals surface area contributed by atoms with E-state index in [9.17, 15) is 9.18 Å². The molecular weight excluding hydrogens is 307 g/mol. The van der Waals surface area contributed by atoms with Gasteiger partial charge in [-0.25, -0.2) is 9.37 Å². The second-order valence-electron chi connectivity index (χ2n) is 5.35. The number of halogens is 2. The molecule has 0 saturated carbocycles. The van der Waals surface area contributed by atoms with E-state index >= 15 is 0 Å². The number of carbonyl (C=O) groups is 1. The normalized spacial score (nSPS) is 18.5. The molecule has 1 saturated heterocycles. The van der Waals surface area contributed by atoms with Gasteiger partial charge in [-0.1, -0.05) is 17.7 Å². The van der Waals surface area contributed by atoms with E-state index in [1.54, 1.807) is 11.0 Å². The molecule has 1 amide bonds. The van der Waals surface area contributed by atoms with Gasteiger partial charge in [0, 0.05) is 17.1 Å². The second-order valence-corrected chi connectivity index (χ2v) is 5.75. The third-order valence-electron chi connectivity index (χ3n) is 3.96. The summed E-state index contributed by atoms with van der Waals surface area (Å²) in [5, 5.41) is 6.95. The van der Waals surface area contributed by atoms with E-state index in [1.807, 2.05) is 0 Å². The van der Waals surface area contributed by atoms with Gasteiger partial charge in [0.05, 0.1) is 12.5 Å². The SMILES string of the molecule is O=C(Cc1c(F)cccc1Cl)N1CCCC[C@@H]1c1ncn[nH]1. The molecule has 0 bridgehead atoms. The molecule has 22 heavy (non-hydrogen) atoms. The number of benzene rings is 1. The Balaban J connectivity index is 1.81. The topological polar surface area (TPSA) is 61.9 Å². The third kappa shape index (κ3) is 2.97. The van der Waals surface area contributed by atoms with E-state index in [4.69, 9.17) is 11.6 Å². The Hall–Kier alpha value is -1.95. The number of nitrogens with zero attached hydrogens (tertiary/aromatic N) is 3. The Kier molecular flexibility index (Phi) is 4.38. The second kappa shape index (κ2) is 6.44. The van der Waals surface area contributed by atoms with E-state index in [-0.39, 0.29) is 29.0 Å². The molecule has 3 rings (SSSR count). The number of rotatable bonds is 3. The Labute approximate surface area is 132 Å². The van der Waals surface area contributed by atoms with Crippen molar-refractivity contribution in [2.75, 3.05) is 6.54 Å². The van der Waals surface area contributed by atoms with Gasteiger partial charge in [-0.15, -0.1) is 0 Å². The first-order valence-electron chi connectivity index (χ1n) is 7.24. The molecular formula is C15H16ClFN4O. The first-order chi connectivity index (χ1) is 10.7. The summed E-state index contributed by atoms with van der Waals surface area (Å²) in [7, 11) is 0. The molecule has 116 valence electrons. The fraction of sp³-hybridized carbons (Fsp3) is 0.400. The Bertz CT molecular complexity index is 641. The van der Waals surface area contributed by atoms with Crippen molar-refractivity contribution in [3.8, 4) is 0 Å². The maximum absolute atomic E-state index is 13.9. The van der Waals surface area contributed by atoms with Gasteiger partial charge in [0.15, 0.2) is 0 Å². The number of amides is 1. The molecule has 0 spiro atoms. The van der Waals surface area contributed by atoms with E-state index in [0.29, 0.717) is 12.4 Å². The number of aromatic nitrogens is 3. The number of hydrogen-bond acceptors (Lipinski definition) is 3. The highest BCUT2D eigenvalue weighted by molar-refractivity contribution is 6.31. The molecule has 1 aliphatic rings. The molecule has 0 unspecified atom stereocenters. The molecule has 1 fully saturated rings. The van der Waals surface area contributed by atoms with Gasteiger partial charge in [0.2, 0.25) is 5.91 Å². The predicted molar refractivity (Wildman–Crippen MR) is 79.8 cm³/mol. The van der Waals surface area contributed by atoms with Crippen LogP contribution in [-0.4, -0.2) is 32.5 Å². The standard InChI is InChI=1S/C15H16ClFN4O/c16-11-4-3-5-12(17)10(11)8-14(22)21-7-2-1-6-13(21)15-18-9-19-20-15/h3-5,9,13H,1-2,6-8H2,(H,18,19,20)/t13-/m1/s1. The van der Waals surface area contributed by atoms with Gasteiger partial charge in [-0.2, -0.15) is 5.10 Å². The Morgan fingerprint density at radius 3 is 3.05 bits per heavy atom. The maximum Gasteiger partial charge on any atom is 0.227 e. The monoisotopic (exact) mass is 322 g/mol. The summed E-state index contributed by atoms with van der Waals surface area (Å²) in [6, 6.07) is 4.31. The van der Waals surface area contributed by atoms with Crippen molar-refractivity contribution >= 4 is 17.5 Å². The fourth-order valence-corrected chi connectivity index (χ4v) is 3.07. The van der Waals surface area contributed by atoms with Crippen molar-refractivity contribution < 1.29 is 9.18 Å². The lowest BCUT2D eigenvalue weighted by atomic mass is 10.00. The number of piperidine rings is 1. The van der Waals surface area contributed by atoms with Crippen molar-refractivity contribution in [2.24, 2.45) is 0 Å². The van der Waals surface area contributed by atoms with Crippen LogP contribution in [0.25, 0.3) is 0 Å². The number of aromatic amines is 1. The van der Waals surface area contributed by atoms with Crippen LogP contribution >= 0.6 is 11.6 Å². The van der Waals surface area contributed by atoms with E-state index in [0.717, 1.165) is 19.3 Å². The summed E-state index contributed by atoms with van der Waals surface area (Å²) >= 11 is 6.01. The molecule has 1 aromatic carbocycles. The smallest absolute Gasteiger partial charge is 0.227 e. The van der Waals surface area contributed by atoms with Crippen LogP contribution in [0.15, 0.2) is 24.5 Å². The lowest BCUT2D eigenvalue weighted by Crippen LogP contribution is -2.40. The van der Waals surface area contributed by atoms with Crippen molar-refractivity contribution in [3.05, 3.63) is 46.8 Å². The Morgan fingerprint density at radius 1 is 1.45 bits per heavy atom. The highest BCUT2D eigenvalue weighted by Gasteiger charge is 2.30. The van der Waals surface area contributed by atoms with Crippen LogP contribution in [-0.2, 0) is 11.2 Å². The van der Waals surface area contributed by atoms with Gasteiger partial charge in [-0.05, 0) is 31.4 Å². The van der Waals surface area contributed by atoms with Gasteiger partial charge < -0.3 is 4.90 Å². The van der Waals surface area contributed by atoms with Crippen LogP contribution in [0.2, 0.25) is 5.02 Å². The Morgan fingerprint density at radius 2 is 2.32 bits per heavy atom. The average molecular weight is 323 g/mol. The van der Waals surface area contributed by atoms with Crippen LogP contribution in [0, 0.1) is 5.82 Å². The van der Waals surface area contributed by atoms with Crippen molar-refractivity contribution in [1.29, 1.82) is 0 Å². The minimum Gasteiger partial charge on any atom is -0.332 e. The van der Waals surface area contributed by atoms with E-state index in [2.05, 4.69) is 15.2 Å². The molecule has 1 atom stereocenters. The molecule has 1 aromatic heterocycles. The minimum atomic E-state index is -0.450. The van der Waals surface area contributed by atoms with Crippen molar-refractivity contribution in [1.82, 2.24) is 20.1 Å². The first-order valence-corrected chi connectivity index (χ1v) is 7.62. The number of H-pyrrole nitrogens is 1. The summed E-state index contributed by atoms with van der Waals surface area (Å²) < 4.78 is 13.9. The zero-order valence-corrected chi connectivity index (χ0v) is 12.7. The molecule has 1 aliphatic heterocycles. The van der Waals surface area contributed by atoms with Gasteiger partial charge in [-0.3, -0.25) is 9.89 Å². The maximum atomic E-state index is 13.9. The predicted octanol–water partition coefficient (Wildman–Crippen LogP) is 2.89. The number of carbonyl (C=O) groups excluding carboxylic acids is 1. The lowest BCUT2D eigenvalue weighted by molar-refractivity contribution is -0.134. The van der Waals surface area contributed by atoms with E-state index in [1.165, 1.54) is 18.5 Å². The molecule has 1 N–H and O–H groups in total. The summed E-state index contributed by atoms with van der Waals surface area (Å²) in [6.07, 6.45) is 4.17. The van der Waals surface area contributed by atoms with Gasteiger partial charge in [0.25, 0.3) is 0 Å². The fourth-order valence-electron chi connectivity index (χ4n) is 2.84. The molecule has 0 radical (unpaired) electrons. The highest BCUT2D eigenvalue weighted by atomic mass is 35.5. The van der Waals surface area contributed by atoms with Crippen LogP contribution in [0.3, 0.4) is 0 Å². The quantitative estimate of drug-likeness (QED) is 0.945. The summed E-state index contributed by atoms with van der Waals surface area (Å²) in [5.41, 5.74) is 0.246. The largest absolute Gasteiger partial charge is 0.332 e. The van der Waals surface area contributed by atoms with Gasteiger partial charge in [0.1, 0.15) is 18.0 Å². The molecule has 2 heterocycles. The van der Waals surface area contributed by atoms with Gasteiger partial charge >= 0.3 is 0 Å². The molecule has 0 aliphatic carbocycles. The number of likely N-dealkylation sites (tertiary alicyclic amines) is 1. The van der Waals surface area contributed by atoms with Crippen LogP contribution in [0.5, 0.6) is 0 Å². The average Bonchev–Trinajstić information content (AvgIpc) is 3.05. The zero-order valence-electron chi connectivity index (χ0n) is 11.9. The number of nitrogens with one attached hydrogen (secondary N) is 1. The van der Waals surface area contributed by atoms with Crippen LogP contribution in [0.1, 0.15) is 36.7 Å². The summed E-state index contributed by atoms with van der Waals surface area (Å²) in [4.78, 5) is 18.5. The first kappa shape index (κ1) is 15.0. The highest BCUT2D eigenvalue weighted by Crippen LogP contribution is 2.30. The zero-order chi connectivity index (χ0) is 15.5. The van der Waals surface area contributed by atoms with E-state index < -0.39 is 5.82 Å². The molecule has 2 aromatic rings. The number of hydrogen-bond donors (Lipinski definition) is 1.